The van der Waals surface area contributed by atoms with E-state index >= 15 is 0 Å². The molecule has 27 heavy (non-hydrogen) atoms. The van der Waals surface area contributed by atoms with Crippen LogP contribution in [-0.2, 0) is 9.59 Å². The van der Waals surface area contributed by atoms with Crippen LogP contribution in [0.5, 0.6) is 5.75 Å². The Morgan fingerprint density at radius 2 is 1.89 bits per heavy atom. The normalized spacial score (nSPS) is 15.8. The quantitative estimate of drug-likeness (QED) is 0.642. The lowest BCUT2D eigenvalue weighted by atomic mass is 9.94. The summed E-state index contributed by atoms with van der Waals surface area (Å²) in [5.41, 5.74) is 0.777. The molecule has 1 saturated carbocycles. The molecule has 150 valence electrons. The maximum atomic E-state index is 13.2. The number of hydrogen-bond acceptors (Lipinski definition) is 3. The van der Waals surface area contributed by atoms with Crippen molar-refractivity contribution in [1.82, 2.24) is 10.2 Å². The third-order valence-electron chi connectivity index (χ3n) is 5.13. The van der Waals surface area contributed by atoms with E-state index in [1.165, 1.54) is 6.42 Å². The summed E-state index contributed by atoms with van der Waals surface area (Å²) in [6.45, 7) is 2.57. The fourth-order valence-corrected chi connectivity index (χ4v) is 3.74. The smallest absolute Gasteiger partial charge is 0.247 e. The van der Waals surface area contributed by atoms with Crippen molar-refractivity contribution in [2.45, 2.75) is 64.0 Å². The highest BCUT2D eigenvalue weighted by Gasteiger charge is 2.32. The van der Waals surface area contributed by atoms with Gasteiger partial charge < -0.3 is 15.0 Å². The van der Waals surface area contributed by atoms with Crippen molar-refractivity contribution < 1.29 is 14.3 Å². The van der Waals surface area contributed by atoms with E-state index in [9.17, 15) is 9.59 Å². The molecule has 5 nitrogen and oxygen atoms in total. The number of benzene rings is 1. The lowest BCUT2D eigenvalue weighted by Gasteiger charge is -2.33. The van der Waals surface area contributed by atoms with Gasteiger partial charge in [0.25, 0.3) is 0 Å². The molecule has 0 aromatic heterocycles. The standard InChI is InChI=1S/C21H31ClN2O3/c1-3-4-14-24(19(25)15-22)20(16-10-12-18(27-2)13-11-16)21(26)23-17-8-6-5-7-9-17/h10-13,17,20H,3-9,14-15H2,1-2H3,(H,23,26). The fraction of sp³-hybridized carbons (Fsp3) is 0.619. The van der Waals surface area contributed by atoms with Crippen molar-refractivity contribution in [1.29, 1.82) is 0 Å². The van der Waals surface area contributed by atoms with Crippen LogP contribution in [0.2, 0.25) is 0 Å². The summed E-state index contributed by atoms with van der Waals surface area (Å²) < 4.78 is 5.22. The number of nitrogens with zero attached hydrogens (tertiary/aromatic N) is 1. The second kappa shape index (κ2) is 11.2. The molecule has 0 aliphatic heterocycles. The predicted octanol–water partition coefficient (Wildman–Crippen LogP) is 4.05. The van der Waals surface area contributed by atoms with Crippen molar-refractivity contribution in [2.24, 2.45) is 0 Å². The molecule has 6 heteroatoms. The molecule has 1 fully saturated rings. The molecule has 0 saturated heterocycles. The Labute approximate surface area is 167 Å². The van der Waals surface area contributed by atoms with Crippen molar-refractivity contribution in [3.63, 3.8) is 0 Å². The molecule has 1 aromatic rings. The topological polar surface area (TPSA) is 58.6 Å². The van der Waals surface area contributed by atoms with Gasteiger partial charge in [-0.1, -0.05) is 44.7 Å². The first-order chi connectivity index (χ1) is 13.1. The van der Waals surface area contributed by atoms with Crippen LogP contribution < -0.4 is 10.1 Å². The lowest BCUT2D eigenvalue weighted by molar-refractivity contribution is -0.139. The molecule has 1 unspecified atom stereocenters. The van der Waals surface area contributed by atoms with Crippen LogP contribution in [0.4, 0.5) is 0 Å². The Morgan fingerprint density at radius 1 is 1.22 bits per heavy atom. The van der Waals surface area contributed by atoms with Crippen molar-refractivity contribution in [3.8, 4) is 5.75 Å². The number of unbranched alkanes of at least 4 members (excludes halogenated alkanes) is 1. The molecule has 0 spiro atoms. The van der Waals surface area contributed by atoms with E-state index in [1.807, 2.05) is 24.3 Å². The summed E-state index contributed by atoms with van der Waals surface area (Å²) in [5, 5.41) is 3.17. The molecule has 0 heterocycles. The third kappa shape index (κ3) is 6.13. The molecule has 1 atom stereocenters. The van der Waals surface area contributed by atoms with E-state index in [1.54, 1.807) is 12.0 Å². The summed E-state index contributed by atoms with van der Waals surface area (Å²) in [7, 11) is 1.60. The maximum Gasteiger partial charge on any atom is 0.247 e. The van der Waals surface area contributed by atoms with Gasteiger partial charge in [-0.2, -0.15) is 0 Å². The van der Waals surface area contributed by atoms with Crippen LogP contribution in [0.25, 0.3) is 0 Å². The Bertz CT molecular complexity index is 600. The summed E-state index contributed by atoms with van der Waals surface area (Å²) in [4.78, 5) is 27.4. The van der Waals surface area contributed by atoms with Crippen molar-refractivity contribution in [2.75, 3.05) is 19.5 Å². The number of carbonyl (C=O) groups excluding carboxylic acids is 2. The predicted molar refractivity (Wildman–Crippen MR) is 108 cm³/mol. The number of amides is 2. The van der Waals surface area contributed by atoms with Gasteiger partial charge in [-0.25, -0.2) is 0 Å². The van der Waals surface area contributed by atoms with E-state index in [2.05, 4.69) is 12.2 Å². The van der Waals surface area contributed by atoms with E-state index < -0.39 is 6.04 Å². The SMILES string of the molecule is CCCCN(C(=O)CCl)C(C(=O)NC1CCCCC1)c1ccc(OC)cc1. The average Bonchev–Trinajstić information content (AvgIpc) is 2.71. The minimum atomic E-state index is -0.671. The van der Waals surface area contributed by atoms with Crippen molar-refractivity contribution >= 4 is 23.4 Å². The van der Waals surface area contributed by atoms with Gasteiger partial charge >= 0.3 is 0 Å². The average molecular weight is 395 g/mol. The monoisotopic (exact) mass is 394 g/mol. The number of nitrogens with one attached hydrogen (secondary N) is 1. The molecular weight excluding hydrogens is 364 g/mol. The molecule has 0 radical (unpaired) electrons. The minimum Gasteiger partial charge on any atom is -0.497 e. The lowest BCUT2D eigenvalue weighted by Crippen LogP contribution is -2.47. The van der Waals surface area contributed by atoms with Gasteiger partial charge in [0.05, 0.1) is 7.11 Å². The van der Waals surface area contributed by atoms with Crippen LogP contribution in [0.15, 0.2) is 24.3 Å². The zero-order valence-corrected chi connectivity index (χ0v) is 17.1. The first kappa shape index (κ1) is 21.5. The van der Waals surface area contributed by atoms with E-state index in [-0.39, 0.29) is 23.7 Å². The second-order valence-corrected chi connectivity index (χ2v) is 7.36. The summed E-state index contributed by atoms with van der Waals surface area (Å²) >= 11 is 5.86. The molecule has 1 aromatic carbocycles. The molecule has 2 rings (SSSR count). The second-order valence-electron chi connectivity index (χ2n) is 7.09. The number of carbonyl (C=O) groups is 2. The van der Waals surface area contributed by atoms with E-state index in [0.29, 0.717) is 12.3 Å². The molecule has 0 bridgehead atoms. The number of methoxy groups -OCH3 is 1. The molecule has 2 amide bonds. The Kier molecular flexibility index (Phi) is 8.92. The van der Waals surface area contributed by atoms with Crippen LogP contribution in [-0.4, -0.2) is 42.3 Å². The Hall–Kier alpha value is -1.75. The van der Waals surface area contributed by atoms with Gasteiger partial charge in [0.15, 0.2) is 0 Å². The van der Waals surface area contributed by atoms with Crippen LogP contribution in [0.1, 0.15) is 63.5 Å². The number of halogens is 1. The molecule has 1 aliphatic rings. The first-order valence-corrected chi connectivity index (χ1v) is 10.4. The summed E-state index contributed by atoms with van der Waals surface area (Å²) in [5.74, 6) is 0.243. The number of rotatable bonds is 9. The molecule has 1 aliphatic carbocycles. The van der Waals surface area contributed by atoms with E-state index in [0.717, 1.165) is 44.1 Å². The molecular formula is C21H31ClN2O3. The number of alkyl halides is 1. The fourth-order valence-electron chi connectivity index (χ4n) is 3.59. The van der Waals surface area contributed by atoms with Gasteiger partial charge in [0.2, 0.25) is 11.8 Å². The van der Waals surface area contributed by atoms with Crippen LogP contribution >= 0.6 is 11.6 Å². The van der Waals surface area contributed by atoms with Gasteiger partial charge in [0.1, 0.15) is 17.7 Å². The largest absolute Gasteiger partial charge is 0.497 e. The minimum absolute atomic E-state index is 0.123. The van der Waals surface area contributed by atoms with Gasteiger partial charge in [-0.15, -0.1) is 11.6 Å². The van der Waals surface area contributed by atoms with Gasteiger partial charge in [-0.3, -0.25) is 9.59 Å². The maximum absolute atomic E-state index is 13.2. The first-order valence-electron chi connectivity index (χ1n) is 9.90. The number of ether oxygens (including phenoxy) is 1. The number of hydrogen-bond donors (Lipinski definition) is 1. The highest BCUT2D eigenvalue weighted by atomic mass is 35.5. The summed E-state index contributed by atoms with van der Waals surface area (Å²) in [6, 6.07) is 6.86. The van der Waals surface area contributed by atoms with Crippen LogP contribution in [0.3, 0.4) is 0 Å². The highest BCUT2D eigenvalue weighted by molar-refractivity contribution is 6.27. The molecule has 1 N–H and O–H groups in total. The van der Waals surface area contributed by atoms with Gasteiger partial charge in [0, 0.05) is 12.6 Å². The van der Waals surface area contributed by atoms with Gasteiger partial charge in [-0.05, 0) is 37.0 Å². The van der Waals surface area contributed by atoms with Crippen molar-refractivity contribution in [3.05, 3.63) is 29.8 Å². The van der Waals surface area contributed by atoms with E-state index in [4.69, 9.17) is 16.3 Å². The Balaban J connectivity index is 2.28. The van der Waals surface area contributed by atoms with Crippen LogP contribution in [0, 0.1) is 0 Å². The Morgan fingerprint density at radius 3 is 2.44 bits per heavy atom. The summed E-state index contributed by atoms with van der Waals surface area (Å²) in [6.07, 6.45) is 7.26. The zero-order chi connectivity index (χ0) is 19.6. The zero-order valence-electron chi connectivity index (χ0n) is 16.4. The third-order valence-corrected chi connectivity index (χ3v) is 5.36. The highest BCUT2D eigenvalue weighted by Crippen LogP contribution is 2.26.